The second-order valence-corrected chi connectivity index (χ2v) is 4.84. The molecule has 0 aliphatic rings. The molecular formula is C16H16N4O2. The van der Waals surface area contributed by atoms with Crippen molar-refractivity contribution in [1.82, 2.24) is 20.0 Å². The van der Waals surface area contributed by atoms with Crippen LogP contribution < -0.4 is 5.32 Å². The van der Waals surface area contributed by atoms with Crippen molar-refractivity contribution in [3.05, 3.63) is 60.8 Å². The molecule has 1 amide bonds. The van der Waals surface area contributed by atoms with Gasteiger partial charge in [0, 0.05) is 49.5 Å². The van der Waals surface area contributed by atoms with E-state index in [1.165, 1.54) is 0 Å². The Kier molecular flexibility index (Phi) is 4.29. The number of nitrogens with zero attached hydrogens (tertiary/aromatic N) is 3. The molecule has 0 radical (unpaired) electrons. The summed E-state index contributed by atoms with van der Waals surface area (Å²) in [5, 5.41) is 6.65. The number of hydrogen-bond acceptors (Lipinski definition) is 4. The standard InChI is InChI=1S/C16H16N4O2/c21-16(18-6-3-11-20-9-1-2-10-20)14-12-15(22-19-14)13-4-7-17-8-5-13/h1-2,4-5,7-10,12H,3,6,11H2,(H,18,21). The number of carbonyl (C=O) groups is 1. The minimum absolute atomic E-state index is 0.225. The minimum atomic E-state index is -0.225. The largest absolute Gasteiger partial charge is 0.355 e. The van der Waals surface area contributed by atoms with Crippen LogP contribution >= 0.6 is 0 Å². The van der Waals surface area contributed by atoms with Gasteiger partial charge in [-0.05, 0) is 30.7 Å². The summed E-state index contributed by atoms with van der Waals surface area (Å²) in [5.74, 6) is 0.330. The van der Waals surface area contributed by atoms with E-state index in [4.69, 9.17) is 4.52 Å². The Balaban J connectivity index is 1.51. The maximum atomic E-state index is 12.0. The van der Waals surface area contributed by atoms with Gasteiger partial charge in [-0.2, -0.15) is 0 Å². The molecule has 3 rings (SSSR count). The number of carbonyl (C=O) groups excluding carboxylic acids is 1. The van der Waals surface area contributed by atoms with Crippen molar-refractivity contribution in [3.8, 4) is 11.3 Å². The molecule has 0 fully saturated rings. The molecule has 0 saturated carbocycles. The molecule has 0 spiro atoms. The average Bonchev–Trinajstić information content (AvgIpc) is 3.24. The number of aromatic nitrogens is 3. The molecule has 1 N–H and O–H groups in total. The predicted molar refractivity (Wildman–Crippen MR) is 81.1 cm³/mol. The van der Waals surface area contributed by atoms with E-state index < -0.39 is 0 Å². The Morgan fingerprint density at radius 3 is 2.77 bits per heavy atom. The van der Waals surface area contributed by atoms with E-state index in [1.807, 2.05) is 24.5 Å². The molecule has 0 bridgehead atoms. The molecule has 0 aliphatic heterocycles. The zero-order valence-electron chi connectivity index (χ0n) is 12.0. The second kappa shape index (κ2) is 6.71. The molecular weight excluding hydrogens is 280 g/mol. The lowest BCUT2D eigenvalue weighted by atomic mass is 10.2. The van der Waals surface area contributed by atoms with Crippen molar-refractivity contribution in [2.24, 2.45) is 0 Å². The smallest absolute Gasteiger partial charge is 0.273 e. The molecule has 3 heterocycles. The van der Waals surface area contributed by atoms with E-state index >= 15 is 0 Å². The fourth-order valence-electron chi connectivity index (χ4n) is 2.11. The van der Waals surface area contributed by atoms with Crippen molar-refractivity contribution < 1.29 is 9.32 Å². The van der Waals surface area contributed by atoms with Crippen molar-refractivity contribution in [2.45, 2.75) is 13.0 Å². The zero-order valence-corrected chi connectivity index (χ0v) is 12.0. The Labute approximate surface area is 127 Å². The minimum Gasteiger partial charge on any atom is -0.355 e. The van der Waals surface area contributed by atoms with Gasteiger partial charge in [-0.15, -0.1) is 0 Å². The van der Waals surface area contributed by atoms with Gasteiger partial charge < -0.3 is 14.4 Å². The van der Waals surface area contributed by atoms with Gasteiger partial charge >= 0.3 is 0 Å². The van der Waals surface area contributed by atoms with Crippen molar-refractivity contribution >= 4 is 5.91 Å². The molecule has 112 valence electrons. The van der Waals surface area contributed by atoms with Crippen LogP contribution in [0.3, 0.4) is 0 Å². The van der Waals surface area contributed by atoms with Crippen LogP contribution in [-0.4, -0.2) is 27.2 Å². The van der Waals surface area contributed by atoms with Crippen molar-refractivity contribution in [2.75, 3.05) is 6.54 Å². The third kappa shape index (κ3) is 3.41. The molecule has 0 unspecified atom stereocenters. The lowest BCUT2D eigenvalue weighted by Gasteiger charge is -2.04. The van der Waals surface area contributed by atoms with Crippen molar-refractivity contribution in [1.29, 1.82) is 0 Å². The van der Waals surface area contributed by atoms with Gasteiger partial charge in [0.15, 0.2) is 11.5 Å². The molecule has 0 atom stereocenters. The Bertz CT molecular complexity index is 720. The highest BCUT2D eigenvalue weighted by molar-refractivity contribution is 5.93. The molecule has 0 aliphatic carbocycles. The molecule has 22 heavy (non-hydrogen) atoms. The summed E-state index contributed by atoms with van der Waals surface area (Å²) in [4.78, 5) is 15.9. The molecule has 6 nitrogen and oxygen atoms in total. The van der Waals surface area contributed by atoms with Gasteiger partial charge in [0.2, 0.25) is 0 Å². The highest BCUT2D eigenvalue weighted by Gasteiger charge is 2.12. The Hall–Kier alpha value is -2.89. The first-order valence-corrected chi connectivity index (χ1v) is 7.09. The second-order valence-electron chi connectivity index (χ2n) is 4.84. The fraction of sp³-hybridized carbons (Fsp3) is 0.188. The maximum absolute atomic E-state index is 12.0. The van der Waals surface area contributed by atoms with E-state index in [1.54, 1.807) is 30.6 Å². The third-order valence-electron chi connectivity index (χ3n) is 3.25. The number of aryl methyl sites for hydroxylation is 1. The quantitative estimate of drug-likeness (QED) is 0.709. The number of hydrogen-bond donors (Lipinski definition) is 1. The van der Waals surface area contributed by atoms with E-state index in [0.717, 1.165) is 18.5 Å². The fourth-order valence-corrected chi connectivity index (χ4v) is 2.11. The summed E-state index contributed by atoms with van der Waals surface area (Å²) in [6.45, 7) is 1.46. The Morgan fingerprint density at radius 1 is 1.23 bits per heavy atom. The zero-order chi connectivity index (χ0) is 15.2. The lowest BCUT2D eigenvalue weighted by molar-refractivity contribution is 0.0944. The van der Waals surface area contributed by atoms with Crippen LogP contribution in [0.2, 0.25) is 0 Å². The topological polar surface area (TPSA) is 73.0 Å². The molecule has 0 aromatic carbocycles. The number of amides is 1. The number of rotatable bonds is 6. The SMILES string of the molecule is O=C(NCCCn1cccc1)c1cc(-c2ccncc2)on1. The van der Waals surface area contributed by atoms with Gasteiger partial charge in [-0.1, -0.05) is 5.16 Å². The molecule has 3 aromatic rings. The molecule has 0 saturated heterocycles. The maximum Gasteiger partial charge on any atom is 0.273 e. The van der Waals surface area contributed by atoms with E-state index in [9.17, 15) is 4.79 Å². The van der Waals surface area contributed by atoms with Crippen LogP contribution in [0.1, 0.15) is 16.9 Å². The van der Waals surface area contributed by atoms with Gasteiger partial charge in [0.25, 0.3) is 5.91 Å². The van der Waals surface area contributed by atoms with E-state index in [-0.39, 0.29) is 11.6 Å². The van der Waals surface area contributed by atoms with Gasteiger partial charge in [0.1, 0.15) is 0 Å². The van der Waals surface area contributed by atoms with Gasteiger partial charge in [-0.25, -0.2) is 0 Å². The summed E-state index contributed by atoms with van der Waals surface area (Å²) in [5.41, 5.74) is 1.13. The van der Waals surface area contributed by atoms with E-state index in [2.05, 4.69) is 20.0 Å². The highest BCUT2D eigenvalue weighted by atomic mass is 16.5. The summed E-state index contributed by atoms with van der Waals surface area (Å²) in [6.07, 6.45) is 8.19. The molecule has 6 heteroatoms. The first-order valence-electron chi connectivity index (χ1n) is 7.09. The summed E-state index contributed by atoms with van der Waals surface area (Å²) < 4.78 is 7.27. The summed E-state index contributed by atoms with van der Waals surface area (Å²) in [6, 6.07) is 9.21. The van der Waals surface area contributed by atoms with Gasteiger partial charge in [0.05, 0.1) is 0 Å². The first kappa shape index (κ1) is 14.1. The Morgan fingerprint density at radius 2 is 2.00 bits per heavy atom. The van der Waals surface area contributed by atoms with Crippen LogP contribution in [0.25, 0.3) is 11.3 Å². The summed E-state index contributed by atoms with van der Waals surface area (Å²) in [7, 11) is 0. The first-order chi connectivity index (χ1) is 10.8. The monoisotopic (exact) mass is 296 g/mol. The highest BCUT2D eigenvalue weighted by Crippen LogP contribution is 2.18. The number of pyridine rings is 1. The van der Waals surface area contributed by atoms with Crippen LogP contribution in [0.4, 0.5) is 0 Å². The average molecular weight is 296 g/mol. The van der Waals surface area contributed by atoms with Gasteiger partial charge in [-0.3, -0.25) is 9.78 Å². The van der Waals surface area contributed by atoms with Crippen LogP contribution in [-0.2, 0) is 6.54 Å². The van der Waals surface area contributed by atoms with Crippen LogP contribution in [0.15, 0.2) is 59.6 Å². The lowest BCUT2D eigenvalue weighted by Crippen LogP contribution is -2.25. The van der Waals surface area contributed by atoms with Crippen LogP contribution in [0.5, 0.6) is 0 Å². The van der Waals surface area contributed by atoms with E-state index in [0.29, 0.717) is 12.3 Å². The van der Waals surface area contributed by atoms with Crippen molar-refractivity contribution in [3.63, 3.8) is 0 Å². The summed E-state index contributed by atoms with van der Waals surface area (Å²) >= 11 is 0. The normalized spacial score (nSPS) is 10.5. The molecule has 3 aromatic heterocycles. The van der Waals surface area contributed by atoms with Crippen LogP contribution in [0, 0.1) is 0 Å². The third-order valence-corrected chi connectivity index (χ3v) is 3.25. The number of nitrogens with one attached hydrogen (secondary N) is 1. The predicted octanol–water partition coefficient (Wildman–Crippen LogP) is 2.36.